The van der Waals surface area contributed by atoms with Gasteiger partial charge in [-0.2, -0.15) is 5.10 Å². The van der Waals surface area contributed by atoms with Gasteiger partial charge < -0.3 is 9.84 Å². The maximum atomic E-state index is 11.5. The molecule has 252 valence electrons. The molecule has 6 rings (SSSR count). The van der Waals surface area contributed by atoms with E-state index in [1.54, 1.807) is 80.8 Å². The van der Waals surface area contributed by atoms with E-state index >= 15 is 0 Å². The Labute approximate surface area is 286 Å². The summed E-state index contributed by atoms with van der Waals surface area (Å²) in [4.78, 5) is 56.0. The van der Waals surface area contributed by atoms with Crippen LogP contribution >= 0.6 is 50.5 Å². The van der Waals surface area contributed by atoms with Gasteiger partial charge >= 0.3 is 17.1 Å². The Bertz CT molecular complexity index is 2020. The van der Waals surface area contributed by atoms with Crippen LogP contribution in [-0.4, -0.2) is 50.8 Å². The molecule has 0 saturated carbocycles. The molecule has 0 atom stereocenters. The number of carbonyl (C=O) groups is 2. The summed E-state index contributed by atoms with van der Waals surface area (Å²) in [5.74, 6) is 3.50. The summed E-state index contributed by atoms with van der Waals surface area (Å²) < 4.78 is 16.3. The molecule has 1 aliphatic heterocycles. The van der Waals surface area contributed by atoms with E-state index in [0.717, 1.165) is 7.11 Å². The number of esters is 2. The molecule has 0 fully saturated rings. The van der Waals surface area contributed by atoms with Crippen LogP contribution in [0.15, 0.2) is 87.2 Å². The zero-order chi connectivity index (χ0) is 35.9. The minimum atomic E-state index is -3.22. The number of nitrogens with one attached hydrogen (secondary N) is 2. The maximum absolute atomic E-state index is 11.5. The summed E-state index contributed by atoms with van der Waals surface area (Å²) in [6.45, 7) is 0. The van der Waals surface area contributed by atoms with Crippen molar-refractivity contribution in [3.05, 3.63) is 120 Å². The summed E-state index contributed by atoms with van der Waals surface area (Å²) in [7, 11) is 5.76. The Morgan fingerprint density at radius 1 is 0.766 bits per heavy atom. The first-order valence-corrected chi connectivity index (χ1v) is 17.6. The number of benzene rings is 3. The first-order valence-electron chi connectivity index (χ1n) is 12.8. The fraction of sp³-hybridized carbons (Fsp3) is 0.143. The molecule has 14 nitrogen and oxygen atoms in total. The minimum absolute atomic E-state index is 0.125. The number of nitrogens with zero attached hydrogens (tertiary/aromatic N) is 3. The van der Waals surface area contributed by atoms with Gasteiger partial charge in [0.25, 0.3) is 16.7 Å². The van der Waals surface area contributed by atoms with Gasteiger partial charge in [-0.15, -0.1) is 0 Å². The first kappa shape index (κ1) is 41.2. The molecule has 19 heteroatoms. The lowest BCUT2D eigenvalue weighted by Crippen LogP contribution is -2.27. The summed E-state index contributed by atoms with van der Waals surface area (Å²) in [5.41, 5.74) is 2.42. The summed E-state index contributed by atoms with van der Waals surface area (Å²) in [5, 5.41) is 12.6. The number of H-pyrrole nitrogens is 1. The van der Waals surface area contributed by atoms with E-state index < -0.39 is 17.1 Å². The molecule has 3 heterocycles. The number of hydrogen-bond donors (Lipinski definition) is 4. The van der Waals surface area contributed by atoms with Crippen LogP contribution in [0.4, 0.5) is 0 Å². The van der Waals surface area contributed by atoms with E-state index in [1.165, 1.54) is 16.4 Å². The van der Waals surface area contributed by atoms with Gasteiger partial charge in [0.15, 0.2) is 5.15 Å². The van der Waals surface area contributed by atoms with Crippen molar-refractivity contribution in [2.45, 2.75) is 0 Å². The standard InChI is InChI=1S/C9H7ClN2O.C9H8N2O2.C8H4O3.CH6N2.CH4O.Cl3OP/c1-12-9(13)7-5-3-2-4-6(7)8(10)11-12;1-11-9(13)7-5-3-2-4-6(7)8(12)10-11;9-7-5-3-1-2-4-6(5)8(10)11-7;1-3-2;1-2;1-5(2,3)4/h2-5H,1H3;2-5H,1H3,(H,10,12);1-4H;3H,2H2,1H3;2H,1H3;. The average molecular weight is 750 g/mol. The topological polar surface area (TPSA) is 208 Å². The van der Waals surface area contributed by atoms with Crippen LogP contribution in [0.25, 0.3) is 21.5 Å². The number of hydrogen-bond acceptors (Lipinski definition) is 11. The molecule has 0 bridgehead atoms. The predicted molar refractivity (Wildman–Crippen MR) is 185 cm³/mol. The zero-order valence-electron chi connectivity index (χ0n) is 25.1. The van der Waals surface area contributed by atoms with Gasteiger partial charge in [0.2, 0.25) is 0 Å². The van der Waals surface area contributed by atoms with Crippen LogP contribution in [0, 0.1) is 0 Å². The van der Waals surface area contributed by atoms with Gasteiger partial charge in [0.05, 0.1) is 27.3 Å². The van der Waals surface area contributed by atoms with Gasteiger partial charge in [-0.25, -0.2) is 14.3 Å². The van der Waals surface area contributed by atoms with Crippen molar-refractivity contribution in [1.29, 1.82) is 0 Å². The van der Waals surface area contributed by atoms with Gasteiger partial charge in [-0.1, -0.05) is 54.1 Å². The number of hydrazine groups is 1. The molecule has 0 amide bonds. The first-order chi connectivity index (χ1) is 22.1. The lowest BCUT2D eigenvalue weighted by Gasteiger charge is -2.01. The Morgan fingerprint density at radius 2 is 1.13 bits per heavy atom. The quantitative estimate of drug-likeness (QED) is 0.0577. The third-order valence-corrected chi connectivity index (χ3v) is 5.72. The van der Waals surface area contributed by atoms with Crippen molar-refractivity contribution in [3.63, 3.8) is 0 Å². The number of aliphatic hydroxyl groups is 1. The van der Waals surface area contributed by atoms with E-state index in [1.807, 2.05) is 6.07 Å². The van der Waals surface area contributed by atoms with Crippen molar-refractivity contribution < 1.29 is 24.0 Å². The molecule has 0 aliphatic carbocycles. The highest BCUT2D eigenvalue weighted by molar-refractivity contribution is 8.24. The largest absolute Gasteiger partial charge is 0.400 e. The van der Waals surface area contributed by atoms with Crippen LogP contribution in [-0.2, 0) is 23.4 Å². The molecule has 47 heavy (non-hydrogen) atoms. The lowest BCUT2D eigenvalue weighted by atomic mass is 10.1. The highest BCUT2D eigenvalue weighted by Crippen LogP contribution is 2.61. The van der Waals surface area contributed by atoms with Crippen molar-refractivity contribution >= 4 is 84.0 Å². The number of aromatic amines is 1. The summed E-state index contributed by atoms with van der Waals surface area (Å²) in [6.07, 6.45) is 0. The number of halogens is 4. The third-order valence-electron chi connectivity index (χ3n) is 5.44. The van der Waals surface area contributed by atoms with E-state index in [9.17, 15) is 28.5 Å². The van der Waals surface area contributed by atoms with E-state index in [0.29, 0.717) is 37.8 Å². The number of aryl methyl sites for hydroxylation is 2. The number of rotatable bonds is 0. The normalized spacial score (nSPS) is 11.0. The van der Waals surface area contributed by atoms with Crippen molar-refractivity contribution in [3.8, 4) is 0 Å². The van der Waals surface area contributed by atoms with E-state index in [2.05, 4.69) is 59.9 Å². The molecule has 2 aromatic heterocycles. The Balaban J connectivity index is 0.000000310. The monoisotopic (exact) mass is 748 g/mol. The maximum Gasteiger partial charge on any atom is 0.346 e. The molecule has 0 saturated heterocycles. The lowest BCUT2D eigenvalue weighted by molar-refractivity contribution is 0.0443. The van der Waals surface area contributed by atoms with Gasteiger partial charge in [0, 0.05) is 26.6 Å². The average Bonchev–Trinajstić information content (AvgIpc) is 3.33. The second-order valence-electron chi connectivity index (χ2n) is 8.53. The number of nitrogens with two attached hydrogens (primary N) is 1. The van der Waals surface area contributed by atoms with Crippen molar-refractivity contribution in [1.82, 2.24) is 25.0 Å². The van der Waals surface area contributed by atoms with Crippen LogP contribution < -0.4 is 27.9 Å². The second kappa shape index (κ2) is 19.7. The SMILES string of the molecule is CNN.CO.Cn1[nH]c(=O)c2ccccc2c1=O.Cn1nc(Cl)c2ccccc2c1=O.O=C1OC(=O)c2ccccc21.O=P(Cl)(Cl)Cl. The highest BCUT2D eigenvalue weighted by Gasteiger charge is 2.28. The number of ether oxygens (including phenoxy) is 1. The molecule has 5 aromatic rings. The summed E-state index contributed by atoms with van der Waals surface area (Å²) >= 11 is 19.7. The Morgan fingerprint density at radius 3 is 1.57 bits per heavy atom. The number of aliphatic hydroxyl groups excluding tert-OH is 1. The number of fused-ring (bicyclic) bond motifs is 3. The van der Waals surface area contributed by atoms with Crippen molar-refractivity contribution in [2.75, 3.05) is 14.2 Å². The minimum Gasteiger partial charge on any atom is -0.400 e. The predicted octanol–water partition coefficient (Wildman–Crippen LogP) is 4.31. The smallest absolute Gasteiger partial charge is 0.346 e. The highest BCUT2D eigenvalue weighted by atomic mass is 36.0. The van der Waals surface area contributed by atoms with E-state index in [4.69, 9.17) is 16.7 Å². The molecule has 0 unspecified atom stereocenters. The van der Waals surface area contributed by atoms with Crippen molar-refractivity contribution in [2.24, 2.45) is 19.9 Å². The summed E-state index contributed by atoms with van der Waals surface area (Å²) in [6, 6.07) is 20.4. The molecule has 0 spiro atoms. The van der Waals surface area contributed by atoms with Crippen LogP contribution in [0.1, 0.15) is 20.7 Å². The number of cyclic esters (lactones) is 2. The third kappa shape index (κ3) is 12.7. The molecular weight excluding hydrogens is 721 g/mol. The Hall–Kier alpha value is -3.85. The van der Waals surface area contributed by atoms with Crippen LogP contribution in [0.5, 0.6) is 0 Å². The fourth-order valence-corrected chi connectivity index (χ4v) is 3.88. The fourth-order valence-electron chi connectivity index (χ4n) is 3.60. The molecule has 0 radical (unpaired) electrons. The van der Waals surface area contributed by atoms with Gasteiger partial charge in [0.1, 0.15) is 0 Å². The van der Waals surface area contributed by atoms with Gasteiger partial charge in [-0.05, 0) is 71.1 Å². The number of aromatic nitrogens is 4. The molecule has 3 aromatic carbocycles. The molecule has 1 aliphatic rings. The Kier molecular flexibility index (Phi) is 17.3. The second-order valence-corrected chi connectivity index (χ2v) is 15.5. The van der Waals surface area contributed by atoms with Crippen LogP contribution in [0.2, 0.25) is 5.15 Å². The number of carbonyl (C=O) groups excluding carboxylic acids is 2. The zero-order valence-corrected chi connectivity index (χ0v) is 29.0. The molecular formula is C28H29Cl4N6O8P. The van der Waals surface area contributed by atoms with Gasteiger partial charge in [-0.3, -0.25) is 40.0 Å². The van der Waals surface area contributed by atoms with E-state index in [-0.39, 0.29) is 16.7 Å². The van der Waals surface area contributed by atoms with Crippen LogP contribution in [0.3, 0.4) is 0 Å². The molecule has 5 N–H and O–H groups in total.